The monoisotopic (exact) mass is 586 g/mol. The highest BCUT2D eigenvalue weighted by Crippen LogP contribution is 2.39. The number of imidazole rings is 1. The number of fused-ring (bicyclic) bond motifs is 1. The Morgan fingerprint density at radius 2 is 1.73 bits per heavy atom. The number of amides is 1. The highest BCUT2D eigenvalue weighted by Gasteiger charge is 2.34. The molecule has 9 heteroatoms. The van der Waals surface area contributed by atoms with Crippen molar-refractivity contribution in [2.24, 2.45) is 5.73 Å². The Bertz CT molecular complexity index is 1830. The zero-order chi connectivity index (χ0) is 30.4. The molecule has 5 aromatic rings. The fourth-order valence-corrected chi connectivity index (χ4v) is 6.57. The Balaban J connectivity index is 1.26. The summed E-state index contributed by atoms with van der Waals surface area (Å²) < 4.78 is 2.07. The van der Waals surface area contributed by atoms with Crippen molar-refractivity contribution in [3.8, 4) is 28.3 Å². The van der Waals surface area contributed by atoms with Crippen molar-refractivity contribution in [2.75, 3.05) is 30.8 Å². The van der Waals surface area contributed by atoms with Gasteiger partial charge in [0.2, 0.25) is 5.91 Å². The van der Waals surface area contributed by atoms with Gasteiger partial charge >= 0.3 is 0 Å². The molecule has 2 aromatic carbocycles. The number of nitrogens with zero attached hydrogens (tertiary/aromatic N) is 6. The summed E-state index contributed by atoms with van der Waals surface area (Å²) in [5.74, 6) is 1.24. The Morgan fingerprint density at radius 1 is 0.955 bits per heavy atom. The van der Waals surface area contributed by atoms with Gasteiger partial charge < -0.3 is 21.3 Å². The van der Waals surface area contributed by atoms with Crippen LogP contribution in [-0.2, 0) is 10.3 Å². The lowest BCUT2D eigenvalue weighted by Crippen LogP contribution is -2.45. The van der Waals surface area contributed by atoms with Crippen LogP contribution < -0.4 is 16.4 Å². The molecule has 4 heterocycles. The topological polar surface area (TPSA) is 119 Å². The van der Waals surface area contributed by atoms with Crippen molar-refractivity contribution in [1.29, 1.82) is 0 Å². The molecule has 0 radical (unpaired) electrons. The largest absolute Gasteiger partial charge is 0.383 e. The molecule has 224 valence electrons. The summed E-state index contributed by atoms with van der Waals surface area (Å²) in [6.07, 6.45) is 6.78. The van der Waals surface area contributed by atoms with E-state index in [1.54, 1.807) is 13.1 Å². The quantitative estimate of drug-likeness (QED) is 0.269. The lowest BCUT2D eigenvalue weighted by atomic mass is 9.73. The number of hydrogen-bond donors (Lipinski definition) is 2. The van der Waals surface area contributed by atoms with Crippen LogP contribution in [0, 0.1) is 0 Å². The number of carbonyl (C=O) groups excluding carboxylic acids is 1. The van der Waals surface area contributed by atoms with Crippen molar-refractivity contribution in [1.82, 2.24) is 24.4 Å². The molecule has 0 bridgehead atoms. The number of pyridine rings is 2. The number of aromatic nitrogens is 4. The van der Waals surface area contributed by atoms with Crippen LogP contribution in [0.3, 0.4) is 0 Å². The minimum absolute atomic E-state index is 0.123. The molecule has 0 unspecified atom stereocenters. The second-order valence-electron chi connectivity index (χ2n) is 12.2. The summed E-state index contributed by atoms with van der Waals surface area (Å²) >= 11 is 0. The third-order valence-corrected chi connectivity index (χ3v) is 9.55. The van der Waals surface area contributed by atoms with E-state index in [1.165, 1.54) is 0 Å². The maximum Gasteiger partial charge on any atom is 0.219 e. The third kappa shape index (κ3) is 4.97. The van der Waals surface area contributed by atoms with E-state index in [0.717, 1.165) is 90.1 Å². The summed E-state index contributed by atoms with van der Waals surface area (Å²) in [6, 6.07) is 25.2. The zero-order valence-corrected chi connectivity index (χ0v) is 25.3. The number of anilines is 2. The molecule has 1 aliphatic heterocycles. The van der Waals surface area contributed by atoms with Crippen LogP contribution in [-0.4, -0.2) is 56.5 Å². The molecule has 2 fully saturated rings. The highest BCUT2D eigenvalue weighted by molar-refractivity contribution is 5.85. The van der Waals surface area contributed by atoms with Gasteiger partial charge in [-0.3, -0.25) is 9.36 Å². The Morgan fingerprint density at radius 3 is 2.41 bits per heavy atom. The fourth-order valence-electron chi connectivity index (χ4n) is 6.57. The van der Waals surface area contributed by atoms with Crippen LogP contribution >= 0.6 is 0 Å². The van der Waals surface area contributed by atoms with E-state index >= 15 is 0 Å². The summed E-state index contributed by atoms with van der Waals surface area (Å²) in [6.45, 7) is 3.45. The minimum atomic E-state index is -0.235. The Kier molecular flexibility index (Phi) is 7.05. The SMILES string of the molecule is CC(=O)N(C)C1CCN(c2cccc(-c3ccc4nc(-c5cccnc5N)n(-c5ccc(C6(N)CCC6)cc5)c4n3)c2)CC1. The lowest BCUT2D eigenvalue weighted by Gasteiger charge is -2.38. The Hall–Kier alpha value is -4.76. The van der Waals surface area contributed by atoms with Crippen molar-refractivity contribution in [3.63, 3.8) is 0 Å². The van der Waals surface area contributed by atoms with Crippen LogP contribution in [0.4, 0.5) is 11.5 Å². The van der Waals surface area contributed by atoms with Gasteiger partial charge in [-0.25, -0.2) is 15.0 Å². The molecule has 44 heavy (non-hydrogen) atoms. The smallest absolute Gasteiger partial charge is 0.219 e. The van der Waals surface area contributed by atoms with Crippen molar-refractivity contribution in [2.45, 2.75) is 50.6 Å². The third-order valence-electron chi connectivity index (χ3n) is 9.55. The molecule has 7 rings (SSSR count). The number of nitrogen functional groups attached to an aromatic ring is 1. The molecule has 3 aromatic heterocycles. The normalized spacial score (nSPS) is 16.6. The van der Waals surface area contributed by atoms with Crippen LogP contribution in [0.25, 0.3) is 39.5 Å². The van der Waals surface area contributed by atoms with Crippen molar-refractivity contribution in [3.05, 3.63) is 84.6 Å². The van der Waals surface area contributed by atoms with Gasteiger partial charge in [0.05, 0.1) is 11.3 Å². The number of benzene rings is 2. The first-order valence-electron chi connectivity index (χ1n) is 15.4. The van der Waals surface area contributed by atoms with Gasteiger partial charge in [-0.1, -0.05) is 24.3 Å². The van der Waals surface area contributed by atoms with Crippen LogP contribution in [0.2, 0.25) is 0 Å². The van der Waals surface area contributed by atoms with E-state index in [-0.39, 0.29) is 17.5 Å². The van der Waals surface area contributed by atoms with Crippen molar-refractivity contribution < 1.29 is 4.79 Å². The standard InChI is InChI=1S/C35H38N8O/c1-23(44)41(2)26-15-20-42(21-16-26)28-7-3-6-24(22-28)30-13-14-31-34(39-30)43(33(40-31)29-8-4-19-38-32(29)36)27-11-9-25(10-12-27)35(37)17-5-18-35/h3-4,6-14,19,22,26H,5,15-18,20-21,37H2,1-2H3,(H2,36,38). The molecular formula is C35H38N8O. The Labute approximate surface area is 257 Å². The molecular weight excluding hydrogens is 548 g/mol. The van der Waals surface area contributed by atoms with E-state index in [9.17, 15) is 4.79 Å². The molecule has 1 saturated carbocycles. The summed E-state index contributed by atoms with van der Waals surface area (Å²) in [5, 5.41) is 0. The van der Waals surface area contributed by atoms with E-state index in [1.807, 2.05) is 36.2 Å². The molecule has 1 saturated heterocycles. The average molecular weight is 587 g/mol. The number of nitrogens with two attached hydrogens (primary N) is 2. The van der Waals surface area contributed by atoms with E-state index in [0.29, 0.717) is 11.6 Å². The summed E-state index contributed by atoms with van der Waals surface area (Å²) in [7, 11) is 1.90. The van der Waals surface area contributed by atoms with Crippen molar-refractivity contribution >= 4 is 28.6 Å². The first-order valence-corrected chi connectivity index (χ1v) is 15.4. The van der Waals surface area contributed by atoms with E-state index in [4.69, 9.17) is 21.4 Å². The maximum absolute atomic E-state index is 11.9. The molecule has 4 N–H and O–H groups in total. The molecule has 1 aliphatic carbocycles. The van der Waals surface area contributed by atoms with Gasteiger partial charge in [0, 0.05) is 61.8 Å². The van der Waals surface area contributed by atoms with Crippen LogP contribution in [0.1, 0.15) is 44.6 Å². The molecule has 9 nitrogen and oxygen atoms in total. The van der Waals surface area contributed by atoms with Gasteiger partial charge in [0.15, 0.2) is 11.5 Å². The average Bonchev–Trinajstić information content (AvgIpc) is 3.42. The molecule has 2 aliphatic rings. The minimum Gasteiger partial charge on any atom is -0.383 e. The fraction of sp³-hybridized carbons (Fsp3) is 0.314. The van der Waals surface area contributed by atoms with Gasteiger partial charge in [0.25, 0.3) is 0 Å². The van der Waals surface area contributed by atoms with Gasteiger partial charge in [-0.05, 0) is 86.2 Å². The highest BCUT2D eigenvalue weighted by atomic mass is 16.2. The first kappa shape index (κ1) is 28.0. The second-order valence-corrected chi connectivity index (χ2v) is 12.2. The van der Waals surface area contributed by atoms with Gasteiger partial charge in [-0.15, -0.1) is 0 Å². The molecule has 1 amide bonds. The predicted molar refractivity (Wildman–Crippen MR) is 175 cm³/mol. The maximum atomic E-state index is 11.9. The van der Waals surface area contributed by atoms with E-state index < -0.39 is 0 Å². The summed E-state index contributed by atoms with van der Waals surface area (Å²) in [4.78, 5) is 30.6. The molecule has 0 atom stereocenters. The van der Waals surface area contributed by atoms with Gasteiger partial charge in [0.1, 0.15) is 11.3 Å². The van der Waals surface area contributed by atoms with Gasteiger partial charge in [-0.2, -0.15) is 0 Å². The van der Waals surface area contributed by atoms with E-state index in [2.05, 4.69) is 63.0 Å². The lowest BCUT2D eigenvalue weighted by molar-refractivity contribution is -0.129. The van der Waals surface area contributed by atoms with Crippen LogP contribution in [0.15, 0.2) is 79.0 Å². The summed E-state index contributed by atoms with van der Waals surface area (Å²) in [5.41, 5.74) is 20.2. The van der Waals surface area contributed by atoms with Crippen LogP contribution in [0.5, 0.6) is 0 Å². The number of carbonyl (C=O) groups is 1. The first-order chi connectivity index (χ1) is 21.3. The zero-order valence-electron chi connectivity index (χ0n) is 25.3. The predicted octanol–water partition coefficient (Wildman–Crippen LogP) is 5.52. The number of rotatable bonds is 6. The number of piperidine rings is 1. The second kappa shape index (κ2) is 11.1. The molecule has 0 spiro atoms. The number of hydrogen-bond acceptors (Lipinski definition) is 7.